The molecule has 0 saturated carbocycles. The molecule has 1 aromatic heterocycles. The van der Waals surface area contributed by atoms with Gasteiger partial charge < -0.3 is 10.1 Å². The molecular formula is C17H27N3O. The van der Waals surface area contributed by atoms with Crippen LogP contribution in [0.25, 0.3) is 0 Å². The first kappa shape index (κ1) is 14.5. The second kappa shape index (κ2) is 6.54. The first-order valence-corrected chi connectivity index (χ1v) is 8.50. The van der Waals surface area contributed by atoms with Crippen molar-refractivity contribution in [3.05, 3.63) is 23.0 Å². The van der Waals surface area contributed by atoms with Crippen molar-refractivity contribution in [2.75, 3.05) is 36.0 Å². The summed E-state index contributed by atoms with van der Waals surface area (Å²) in [5.41, 5.74) is 2.05. The van der Waals surface area contributed by atoms with Crippen LogP contribution in [0.4, 0.5) is 11.5 Å². The Hall–Kier alpha value is -1.45. The van der Waals surface area contributed by atoms with Crippen molar-refractivity contribution in [2.45, 2.75) is 51.9 Å². The van der Waals surface area contributed by atoms with Crippen LogP contribution in [0, 0.1) is 12.1 Å². The number of aromatic nitrogens is 1. The summed E-state index contributed by atoms with van der Waals surface area (Å²) in [6, 6.07) is 4.18. The Kier molecular flexibility index (Phi) is 4.51. The fourth-order valence-corrected chi connectivity index (χ4v) is 3.54. The maximum absolute atomic E-state index is 12.5. The molecule has 0 unspecified atom stereocenters. The van der Waals surface area contributed by atoms with Crippen molar-refractivity contribution in [3.63, 3.8) is 0 Å². The third-order valence-electron chi connectivity index (χ3n) is 4.81. The zero-order valence-electron chi connectivity index (χ0n) is 13.2. The summed E-state index contributed by atoms with van der Waals surface area (Å²) in [6.45, 7) is 6.22. The highest BCUT2D eigenvalue weighted by molar-refractivity contribution is 5.54. The van der Waals surface area contributed by atoms with E-state index in [2.05, 4.69) is 21.9 Å². The van der Waals surface area contributed by atoms with Gasteiger partial charge in [0.05, 0.1) is 19.2 Å². The van der Waals surface area contributed by atoms with Gasteiger partial charge in [-0.1, -0.05) is 0 Å². The van der Waals surface area contributed by atoms with Gasteiger partial charge in [0.2, 0.25) is 0 Å². The monoisotopic (exact) mass is 289 g/mol. The van der Waals surface area contributed by atoms with E-state index in [-0.39, 0.29) is 0 Å². The predicted octanol–water partition coefficient (Wildman–Crippen LogP) is 3.00. The smallest absolute Gasteiger partial charge is 0.281 e. The van der Waals surface area contributed by atoms with Crippen LogP contribution < -0.4 is 14.5 Å². The van der Waals surface area contributed by atoms with Gasteiger partial charge in [-0.15, -0.1) is 0 Å². The van der Waals surface area contributed by atoms with Gasteiger partial charge in [0.25, 0.3) is 5.82 Å². The normalized spacial score (nSPS) is 20.4. The Morgan fingerprint density at radius 1 is 0.810 bits per heavy atom. The third-order valence-corrected chi connectivity index (χ3v) is 4.81. The van der Waals surface area contributed by atoms with E-state index < -0.39 is 0 Å². The predicted molar refractivity (Wildman–Crippen MR) is 86.9 cm³/mol. The highest BCUT2D eigenvalue weighted by Crippen LogP contribution is 2.25. The second-order valence-corrected chi connectivity index (χ2v) is 6.46. The van der Waals surface area contributed by atoms with Gasteiger partial charge >= 0.3 is 0 Å². The van der Waals surface area contributed by atoms with Crippen LogP contribution in [0.5, 0.6) is 0 Å². The lowest BCUT2D eigenvalue weighted by Gasteiger charge is -2.30. The summed E-state index contributed by atoms with van der Waals surface area (Å²) < 4.78 is 1.12. The molecule has 2 saturated heterocycles. The van der Waals surface area contributed by atoms with Crippen molar-refractivity contribution >= 4 is 11.5 Å². The number of anilines is 2. The highest BCUT2D eigenvalue weighted by Gasteiger charge is 2.22. The standard InChI is InChI=1S/C17H27N3O/c1-15-13-16(18-9-7-4-8-10-18)14-17(20(15)21)19-11-5-2-3-6-12-19/h13-14H,2-12H2,1H3. The maximum atomic E-state index is 12.5. The van der Waals surface area contributed by atoms with E-state index in [0.29, 0.717) is 0 Å². The lowest BCUT2D eigenvalue weighted by molar-refractivity contribution is -0.599. The number of hydrogen-bond donors (Lipinski definition) is 0. The Morgan fingerprint density at radius 2 is 1.33 bits per heavy atom. The fraction of sp³-hybridized carbons (Fsp3) is 0.706. The van der Waals surface area contributed by atoms with Gasteiger partial charge in [0.1, 0.15) is 5.69 Å². The molecule has 116 valence electrons. The minimum atomic E-state index is 0.817. The van der Waals surface area contributed by atoms with E-state index in [1.165, 1.54) is 50.6 Å². The minimum absolute atomic E-state index is 0.817. The molecular weight excluding hydrogens is 262 g/mol. The minimum Gasteiger partial charge on any atom is -0.710 e. The molecule has 0 radical (unpaired) electrons. The first-order valence-electron chi connectivity index (χ1n) is 8.50. The Morgan fingerprint density at radius 3 is 1.95 bits per heavy atom. The SMILES string of the molecule is Cc1cc(N2CCCCC2)cc(N2CCCCCC2)[n+]1[O-]. The zero-order valence-corrected chi connectivity index (χ0v) is 13.2. The molecule has 3 heterocycles. The average Bonchev–Trinajstić information content (AvgIpc) is 2.80. The number of nitrogens with zero attached hydrogens (tertiary/aromatic N) is 3. The molecule has 2 fully saturated rings. The van der Waals surface area contributed by atoms with Crippen LogP contribution in [0.1, 0.15) is 50.6 Å². The molecule has 4 heteroatoms. The molecule has 4 nitrogen and oxygen atoms in total. The van der Waals surface area contributed by atoms with E-state index in [1.54, 1.807) is 0 Å². The molecule has 0 N–H and O–H groups in total. The van der Waals surface area contributed by atoms with Crippen LogP contribution in [-0.4, -0.2) is 26.2 Å². The zero-order chi connectivity index (χ0) is 14.7. The molecule has 0 bridgehead atoms. The van der Waals surface area contributed by atoms with Crippen molar-refractivity contribution < 1.29 is 4.73 Å². The highest BCUT2D eigenvalue weighted by atomic mass is 16.5. The van der Waals surface area contributed by atoms with Crippen LogP contribution in [0.2, 0.25) is 0 Å². The molecule has 1 aromatic rings. The van der Waals surface area contributed by atoms with Crippen LogP contribution in [-0.2, 0) is 0 Å². The molecule has 2 aliphatic rings. The van der Waals surface area contributed by atoms with Crippen molar-refractivity contribution in [1.29, 1.82) is 0 Å². The van der Waals surface area contributed by atoms with Crippen LogP contribution >= 0.6 is 0 Å². The largest absolute Gasteiger partial charge is 0.710 e. The van der Waals surface area contributed by atoms with Gasteiger partial charge in [-0.25, -0.2) is 4.73 Å². The first-order chi connectivity index (χ1) is 10.3. The summed E-state index contributed by atoms with van der Waals surface area (Å²) in [5.74, 6) is 0.859. The van der Waals surface area contributed by atoms with Crippen molar-refractivity contribution in [3.8, 4) is 0 Å². The van der Waals surface area contributed by atoms with Crippen LogP contribution in [0.15, 0.2) is 12.1 Å². The Labute approximate surface area is 127 Å². The molecule has 0 aromatic carbocycles. The van der Waals surface area contributed by atoms with E-state index in [1.807, 2.05) is 6.92 Å². The van der Waals surface area contributed by atoms with Crippen molar-refractivity contribution in [2.24, 2.45) is 0 Å². The second-order valence-electron chi connectivity index (χ2n) is 6.46. The summed E-state index contributed by atoms with van der Waals surface area (Å²) in [7, 11) is 0. The van der Waals surface area contributed by atoms with E-state index in [9.17, 15) is 5.21 Å². The number of piperidine rings is 1. The molecule has 0 aliphatic carbocycles. The van der Waals surface area contributed by atoms with Crippen LogP contribution in [0.3, 0.4) is 0 Å². The summed E-state index contributed by atoms with van der Waals surface area (Å²) >= 11 is 0. The molecule has 0 atom stereocenters. The molecule has 2 aliphatic heterocycles. The maximum Gasteiger partial charge on any atom is 0.281 e. The quantitative estimate of drug-likeness (QED) is 0.620. The molecule has 3 rings (SSSR count). The van der Waals surface area contributed by atoms with E-state index in [0.717, 1.165) is 42.4 Å². The van der Waals surface area contributed by atoms with Gasteiger partial charge in [-0.3, -0.25) is 4.90 Å². The van der Waals surface area contributed by atoms with E-state index in [4.69, 9.17) is 0 Å². The third kappa shape index (κ3) is 3.25. The summed E-state index contributed by atoms with van der Waals surface area (Å²) in [5, 5.41) is 12.5. The topological polar surface area (TPSA) is 33.4 Å². The Bertz CT molecular complexity index is 475. The van der Waals surface area contributed by atoms with Gasteiger partial charge in [-0.2, -0.15) is 0 Å². The van der Waals surface area contributed by atoms with E-state index >= 15 is 0 Å². The lowest BCUT2D eigenvalue weighted by Crippen LogP contribution is -2.41. The van der Waals surface area contributed by atoms with Gasteiger partial charge in [0.15, 0.2) is 0 Å². The lowest BCUT2D eigenvalue weighted by atomic mass is 10.1. The van der Waals surface area contributed by atoms with Crippen molar-refractivity contribution in [1.82, 2.24) is 0 Å². The summed E-state index contributed by atoms with van der Waals surface area (Å²) in [6.07, 6.45) is 8.86. The fourth-order valence-electron chi connectivity index (χ4n) is 3.54. The molecule has 0 amide bonds. The molecule has 21 heavy (non-hydrogen) atoms. The number of pyridine rings is 1. The number of rotatable bonds is 2. The van der Waals surface area contributed by atoms with Gasteiger partial charge in [-0.05, 0) is 51.9 Å². The molecule has 0 spiro atoms. The number of hydrogen-bond acceptors (Lipinski definition) is 3. The summed E-state index contributed by atoms with van der Waals surface area (Å²) in [4.78, 5) is 4.73. The average molecular weight is 289 g/mol. The number of aryl methyl sites for hydroxylation is 1. The Balaban J connectivity index is 1.89. The van der Waals surface area contributed by atoms with Gasteiger partial charge in [0, 0.05) is 24.8 Å².